The Kier molecular flexibility index (Phi) is 9.13. The molecule has 2 aromatic rings. The van der Waals surface area contributed by atoms with E-state index in [9.17, 15) is 4.79 Å². The lowest BCUT2D eigenvalue weighted by Gasteiger charge is -2.36. The summed E-state index contributed by atoms with van der Waals surface area (Å²) in [5, 5.41) is 7.63. The van der Waals surface area contributed by atoms with Crippen molar-refractivity contribution in [3.63, 3.8) is 0 Å². The molecule has 0 aromatic heterocycles. The van der Waals surface area contributed by atoms with Gasteiger partial charge in [-0.3, -0.25) is 10.1 Å². The van der Waals surface area contributed by atoms with Gasteiger partial charge < -0.3 is 14.8 Å². The fourth-order valence-electron chi connectivity index (χ4n) is 5.76. The van der Waals surface area contributed by atoms with Gasteiger partial charge in [0.05, 0.1) is 13.7 Å². The summed E-state index contributed by atoms with van der Waals surface area (Å²) >= 11 is 0. The highest BCUT2D eigenvalue weighted by Gasteiger charge is 2.52. The van der Waals surface area contributed by atoms with Crippen molar-refractivity contribution in [2.75, 3.05) is 13.7 Å². The predicted molar refractivity (Wildman–Crippen MR) is 152 cm³/mol. The van der Waals surface area contributed by atoms with Crippen molar-refractivity contribution in [3.8, 4) is 5.75 Å². The summed E-state index contributed by atoms with van der Waals surface area (Å²) in [4.78, 5) is 13.2. The number of carbonyl (C=O) groups is 1. The first-order valence-electron chi connectivity index (χ1n) is 13.7. The van der Waals surface area contributed by atoms with Gasteiger partial charge in [0.1, 0.15) is 11.8 Å². The molecule has 4 atom stereocenters. The minimum Gasteiger partial charge on any atom is -0.496 e. The van der Waals surface area contributed by atoms with Crippen LogP contribution in [0.2, 0.25) is 0 Å². The van der Waals surface area contributed by atoms with Gasteiger partial charge in [0.15, 0.2) is 0 Å². The molecule has 0 saturated carbocycles. The third-order valence-electron chi connectivity index (χ3n) is 7.63. The summed E-state index contributed by atoms with van der Waals surface area (Å²) in [6, 6.07) is 14.7. The van der Waals surface area contributed by atoms with Crippen LogP contribution < -0.4 is 15.4 Å². The van der Waals surface area contributed by atoms with E-state index in [-0.39, 0.29) is 34.8 Å². The average molecular weight is 509 g/mol. The Morgan fingerprint density at radius 1 is 1.05 bits per heavy atom. The molecule has 0 unspecified atom stereocenters. The number of esters is 1. The van der Waals surface area contributed by atoms with E-state index in [0.717, 1.165) is 11.3 Å². The molecule has 204 valence electrons. The van der Waals surface area contributed by atoms with E-state index >= 15 is 0 Å². The number of rotatable bonds is 8. The lowest BCUT2D eigenvalue weighted by atomic mass is 9.72. The topological polar surface area (TPSA) is 59.6 Å². The zero-order valence-electron chi connectivity index (χ0n) is 24.6. The van der Waals surface area contributed by atoms with Crippen molar-refractivity contribution in [1.82, 2.24) is 10.6 Å². The maximum absolute atomic E-state index is 13.2. The first kappa shape index (κ1) is 29.2. The summed E-state index contributed by atoms with van der Waals surface area (Å²) < 4.78 is 11.3. The third kappa shape index (κ3) is 6.56. The quantitative estimate of drug-likeness (QED) is 0.398. The zero-order chi connectivity index (χ0) is 27.5. The molecule has 2 N–H and O–H groups in total. The number of hydrogen-bond acceptors (Lipinski definition) is 5. The Hall–Kier alpha value is -2.37. The van der Waals surface area contributed by atoms with Gasteiger partial charge in [-0.1, -0.05) is 91.8 Å². The number of hydrogen-bond donors (Lipinski definition) is 2. The minimum atomic E-state index is -0.398. The van der Waals surface area contributed by atoms with E-state index in [4.69, 9.17) is 9.47 Å². The van der Waals surface area contributed by atoms with Gasteiger partial charge in [0.2, 0.25) is 0 Å². The van der Waals surface area contributed by atoms with Crippen LogP contribution in [0.25, 0.3) is 0 Å². The maximum Gasteiger partial charge on any atom is 0.323 e. The van der Waals surface area contributed by atoms with Gasteiger partial charge >= 0.3 is 5.97 Å². The molecule has 0 aliphatic carbocycles. The van der Waals surface area contributed by atoms with Gasteiger partial charge in [-0.2, -0.15) is 0 Å². The van der Waals surface area contributed by atoms with Crippen molar-refractivity contribution in [2.24, 2.45) is 11.3 Å². The van der Waals surface area contributed by atoms with Crippen LogP contribution in [-0.2, 0) is 21.5 Å². The Labute approximate surface area is 224 Å². The van der Waals surface area contributed by atoms with Crippen molar-refractivity contribution in [3.05, 3.63) is 64.7 Å². The predicted octanol–water partition coefficient (Wildman–Crippen LogP) is 6.51. The molecule has 0 bridgehead atoms. The van der Waals surface area contributed by atoms with E-state index in [1.807, 2.05) is 6.92 Å². The van der Waals surface area contributed by atoms with Crippen molar-refractivity contribution in [2.45, 2.75) is 98.3 Å². The molecule has 37 heavy (non-hydrogen) atoms. The molecule has 0 spiro atoms. The second kappa shape index (κ2) is 11.6. The van der Waals surface area contributed by atoms with Crippen molar-refractivity contribution < 1.29 is 14.3 Å². The van der Waals surface area contributed by atoms with Gasteiger partial charge in [-0.25, -0.2) is 0 Å². The molecule has 5 heteroatoms. The van der Waals surface area contributed by atoms with Gasteiger partial charge in [-0.05, 0) is 46.4 Å². The number of benzene rings is 2. The minimum absolute atomic E-state index is 0.0114. The molecule has 5 nitrogen and oxygen atoms in total. The van der Waals surface area contributed by atoms with E-state index < -0.39 is 6.04 Å². The summed E-state index contributed by atoms with van der Waals surface area (Å²) in [6.07, 6.45) is 0. The summed E-state index contributed by atoms with van der Waals surface area (Å²) in [6.45, 7) is 20.7. The van der Waals surface area contributed by atoms with Crippen LogP contribution in [0.4, 0.5) is 0 Å². The molecule has 1 aliphatic rings. The average Bonchev–Trinajstić information content (AvgIpc) is 3.22. The van der Waals surface area contributed by atoms with Crippen molar-refractivity contribution >= 4 is 5.97 Å². The van der Waals surface area contributed by atoms with Gasteiger partial charge in [0.25, 0.3) is 0 Å². The Balaban J connectivity index is 2.07. The van der Waals surface area contributed by atoms with Crippen LogP contribution in [0, 0.1) is 11.3 Å². The van der Waals surface area contributed by atoms with Crippen LogP contribution in [0.5, 0.6) is 5.75 Å². The smallest absolute Gasteiger partial charge is 0.323 e. The Morgan fingerprint density at radius 3 is 2.30 bits per heavy atom. The lowest BCUT2D eigenvalue weighted by Crippen LogP contribution is -2.47. The molecule has 0 radical (unpaired) electrons. The van der Waals surface area contributed by atoms with E-state index in [1.54, 1.807) is 7.11 Å². The second-order valence-electron chi connectivity index (χ2n) is 12.7. The number of methoxy groups -OCH3 is 1. The van der Waals surface area contributed by atoms with Crippen LogP contribution in [0.3, 0.4) is 0 Å². The highest BCUT2D eigenvalue weighted by atomic mass is 16.5. The summed E-state index contributed by atoms with van der Waals surface area (Å²) in [5.41, 5.74) is 4.84. The molecule has 1 saturated heterocycles. The molecule has 1 fully saturated rings. The molecule has 2 aromatic carbocycles. The fourth-order valence-corrected chi connectivity index (χ4v) is 5.76. The highest BCUT2D eigenvalue weighted by Crippen LogP contribution is 2.44. The molecular weight excluding hydrogens is 460 g/mol. The molecule has 1 aliphatic heterocycles. The first-order valence-corrected chi connectivity index (χ1v) is 13.7. The largest absolute Gasteiger partial charge is 0.496 e. The van der Waals surface area contributed by atoms with Crippen molar-refractivity contribution in [1.29, 1.82) is 0 Å². The van der Waals surface area contributed by atoms with E-state index in [1.165, 1.54) is 16.7 Å². The highest BCUT2D eigenvalue weighted by molar-refractivity contribution is 5.77. The molecule has 3 rings (SSSR count). The maximum atomic E-state index is 13.2. The summed E-state index contributed by atoms with van der Waals surface area (Å²) in [7, 11) is 1.73. The number of carbonyl (C=O) groups excluding carboxylic acids is 1. The SMILES string of the molecule is CCOC(=O)[C@H]1N[C@@H](c2ccccc2C(C)C)[C@@H](NCc2cc(C(C)(C)C)ccc2OC)[C@@H]1C(C)(C)C. The molecule has 1 heterocycles. The van der Waals surface area contributed by atoms with E-state index in [0.29, 0.717) is 19.1 Å². The van der Waals surface area contributed by atoms with Gasteiger partial charge in [0, 0.05) is 30.1 Å². The standard InChI is InChI=1S/C32H48N2O3/c1-11-37-30(35)29-26(32(7,8)9)28(27(34-29)24-15-13-12-14-23(24)20(2)3)33-19-21-18-22(31(4,5)6)16-17-25(21)36-10/h12-18,20,26-29,33-34H,11,19H2,1-10H3/t26-,27-,28-,29-/m0/s1. The van der Waals surface area contributed by atoms with E-state index in [2.05, 4.69) is 108 Å². The normalized spacial score (nSPS) is 22.4. The fraction of sp³-hybridized carbons (Fsp3) is 0.594. The summed E-state index contributed by atoms with van der Waals surface area (Å²) in [5.74, 6) is 1.09. The zero-order valence-corrected chi connectivity index (χ0v) is 24.6. The van der Waals surface area contributed by atoms with Crippen LogP contribution >= 0.6 is 0 Å². The third-order valence-corrected chi connectivity index (χ3v) is 7.63. The number of nitrogens with one attached hydrogen (secondary N) is 2. The van der Waals surface area contributed by atoms with Crippen LogP contribution in [0.1, 0.15) is 96.5 Å². The van der Waals surface area contributed by atoms with Gasteiger partial charge in [-0.15, -0.1) is 0 Å². The Morgan fingerprint density at radius 2 is 1.73 bits per heavy atom. The van der Waals surface area contributed by atoms with Crippen LogP contribution in [0.15, 0.2) is 42.5 Å². The molecular formula is C32H48N2O3. The Bertz CT molecular complexity index is 1060. The number of ether oxygens (including phenoxy) is 2. The first-order chi connectivity index (χ1) is 17.3. The lowest BCUT2D eigenvalue weighted by molar-refractivity contribution is -0.147. The van der Waals surface area contributed by atoms with Crippen LogP contribution in [-0.4, -0.2) is 31.8 Å². The second-order valence-corrected chi connectivity index (χ2v) is 12.7. The monoisotopic (exact) mass is 508 g/mol. The molecule has 0 amide bonds.